The third kappa shape index (κ3) is 3.59. The van der Waals surface area contributed by atoms with Crippen molar-refractivity contribution in [2.75, 3.05) is 5.32 Å². The number of H-pyrrole nitrogens is 1. The first kappa shape index (κ1) is 16.0. The third-order valence-electron chi connectivity index (χ3n) is 4.02. The molecule has 2 N–H and O–H groups in total. The summed E-state index contributed by atoms with van der Waals surface area (Å²) < 4.78 is 0. The lowest BCUT2D eigenvalue weighted by Crippen LogP contribution is -2.05. The number of aromatic nitrogens is 5. The average Bonchev–Trinajstić information content (AvgIpc) is 3.16. The fourth-order valence-corrected chi connectivity index (χ4v) is 2.71. The quantitative estimate of drug-likeness (QED) is 0.576. The lowest BCUT2D eigenvalue weighted by atomic mass is 10.1. The highest BCUT2D eigenvalue weighted by Crippen LogP contribution is 2.19. The van der Waals surface area contributed by atoms with Gasteiger partial charge in [-0.3, -0.25) is 5.10 Å². The van der Waals surface area contributed by atoms with Crippen LogP contribution in [0.15, 0.2) is 66.9 Å². The molecule has 0 spiro atoms. The smallest absolute Gasteiger partial charge is 0.243 e. The molecule has 0 unspecified atom stereocenters. The number of benzene rings is 2. The predicted molar refractivity (Wildman–Crippen MR) is 101 cm³/mol. The molecule has 0 aliphatic carbocycles. The Bertz CT molecular complexity index is 1010. The van der Waals surface area contributed by atoms with Gasteiger partial charge >= 0.3 is 0 Å². The molecule has 0 bridgehead atoms. The molecule has 4 rings (SSSR count). The highest BCUT2D eigenvalue weighted by molar-refractivity contribution is 5.60. The Hall–Kier alpha value is -3.54. The first-order valence-corrected chi connectivity index (χ1v) is 8.38. The summed E-state index contributed by atoms with van der Waals surface area (Å²) in [6, 6.07) is 20.3. The molecule has 2 aromatic heterocycles. The number of aromatic amines is 1. The Labute approximate surface area is 151 Å². The minimum atomic E-state index is 0.480. The van der Waals surface area contributed by atoms with E-state index in [1.165, 1.54) is 5.56 Å². The van der Waals surface area contributed by atoms with E-state index in [-0.39, 0.29) is 0 Å². The molecule has 0 fully saturated rings. The summed E-state index contributed by atoms with van der Waals surface area (Å²) in [5, 5.41) is 18.7. The van der Waals surface area contributed by atoms with E-state index in [2.05, 4.69) is 49.8 Å². The average molecular weight is 342 g/mol. The Balaban J connectivity index is 1.47. The maximum absolute atomic E-state index is 4.54. The highest BCUT2D eigenvalue weighted by Gasteiger charge is 2.06. The van der Waals surface area contributed by atoms with Gasteiger partial charge in [0.15, 0.2) is 0 Å². The van der Waals surface area contributed by atoms with Crippen LogP contribution in [0.25, 0.3) is 22.5 Å². The van der Waals surface area contributed by atoms with Crippen molar-refractivity contribution in [3.8, 4) is 22.5 Å². The molecule has 6 nitrogen and oxygen atoms in total. The number of anilines is 1. The van der Waals surface area contributed by atoms with Crippen LogP contribution >= 0.6 is 0 Å². The molecular formula is C20H18N6. The van der Waals surface area contributed by atoms with E-state index < -0.39 is 0 Å². The van der Waals surface area contributed by atoms with Crippen LogP contribution in [0.3, 0.4) is 0 Å². The van der Waals surface area contributed by atoms with E-state index in [1.54, 1.807) is 6.20 Å². The fourth-order valence-electron chi connectivity index (χ4n) is 2.71. The van der Waals surface area contributed by atoms with E-state index in [1.807, 2.05) is 48.5 Å². The van der Waals surface area contributed by atoms with E-state index in [4.69, 9.17) is 0 Å². The number of rotatable bonds is 5. The highest BCUT2D eigenvalue weighted by atomic mass is 15.2. The molecule has 0 atom stereocenters. The molecule has 0 saturated carbocycles. The van der Waals surface area contributed by atoms with E-state index in [0.29, 0.717) is 12.5 Å². The molecule has 2 aromatic carbocycles. The van der Waals surface area contributed by atoms with Crippen molar-refractivity contribution in [1.82, 2.24) is 25.4 Å². The first-order valence-electron chi connectivity index (χ1n) is 8.38. The topological polar surface area (TPSA) is 79.4 Å². The standard InChI is InChI=1S/C20H18N6/c1-14-6-5-9-16(10-14)19-13-22-26-20(23-19)21-12-17-11-18(25-24-17)15-7-3-2-4-8-15/h2-11,13H,12H2,1H3,(H,24,25)(H,21,23,26). The van der Waals surface area contributed by atoms with Gasteiger partial charge in [-0.05, 0) is 24.6 Å². The maximum Gasteiger partial charge on any atom is 0.243 e. The normalized spacial score (nSPS) is 10.7. The van der Waals surface area contributed by atoms with Crippen LogP contribution in [0.4, 0.5) is 5.95 Å². The van der Waals surface area contributed by atoms with Crippen molar-refractivity contribution in [2.24, 2.45) is 0 Å². The molecule has 128 valence electrons. The van der Waals surface area contributed by atoms with Gasteiger partial charge in [0.2, 0.25) is 5.95 Å². The van der Waals surface area contributed by atoms with Crippen LogP contribution in [0.2, 0.25) is 0 Å². The number of aryl methyl sites for hydroxylation is 1. The molecule has 6 heteroatoms. The van der Waals surface area contributed by atoms with E-state index in [0.717, 1.165) is 28.2 Å². The minimum absolute atomic E-state index is 0.480. The van der Waals surface area contributed by atoms with Crippen LogP contribution in [0.1, 0.15) is 11.3 Å². The van der Waals surface area contributed by atoms with Crippen molar-refractivity contribution in [3.05, 3.63) is 78.1 Å². The molecule has 0 saturated heterocycles. The second-order valence-electron chi connectivity index (χ2n) is 6.03. The summed E-state index contributed by atoms with van der Waals surface area (Å²) in [5.74, 6) is 0.480. The predicted octanol–water partition coefficient (Wildman–Crippen LogP) is 3.85. The van der Waals surface area contributed by atoms with Gasteiger partial charge in [0.05, 0.1) is 29.8 Å². The summed E-state index contributed by atoms with van der Waals surface area (Å²) in [6.07, 6.45) is 1.67. The molecule has 0 aliphatic heterocycles. The number of hydrogen-bond acceptors (Lipinski definition) is 5. The van der Waals surface area contributed by atoms with Gasteiger partial charge in [0, 0.05) is 5.56 Å². The van der Waals surface area contributed by atoms with Crippen LogP contribution < -0.4 is 5.32 Å². The van der Waals surface area contributed by atoms with Crippen LogP contribution in [0, 0.1) is 6.92 Å². The lowest BCUT2D eigenvalue weighted by molar-refractivity contribution is 0.923. The largest absolute Gasteiger partial charge is 0.347 e. The van der Waals surface area contributed by atoms with Crippen molar-refractivity contribution >= 4 is 5.95 Å². The van der Waals surface area contributed by atoms with Gasteiger partial charge in [0.1, 0.15) is 0 Å². The van der Waals surface area contributed by atoms with Crippen LogP contribution in [-0.4, -0.2) is 25.4 Å². The maximum atomic E-state index is 4.54. The fraction of sp³-hybridized carbons (Fsp3) is 0.100. The summed E-state index contributed by atoms with van der Waals surface area (Å²) in [4.78, 5) is 4.54. The molecule has 26 heavy (non-hydrogen) atoms. The summed E-state index contributed by atoms with van der Waals surface area (Å²) in [6.45, 7) is 2.57. The van der Waals surface area contributed by atoms with Crippen molar-refractivity contribution in [1.29, 1.82) is 0 Å². The zero-order valence-electron chi connectivity index (χ0n) is 14.3. The van der Waals surface area contributed by atoms with Gasteiger partial charge in [-0.15, -0.1) is 5.10 Å². The number of nitrogens with one attached hydrogen (secondary N) is 2. The van der Waals surface area contributed by atoms with Gasteiger partial charge in [0.25, 0.3) is 0 Å². The summed E-state index contributed by atoms with van der Waals surface area (Å²) in [5.41, 5.74) is 5.96. The van der Waals surface area contributed by atoms with Crippen molar-refractivity contribution in [2.45, 2.75) is 13.5 Å². The Morgan fingerprint density at radius 1 is 0.962 bits per heavy atom. The number of hydrogen-bond donors (Lipinski definition) is 2. The Kier molecular flexibility index (Phi) is 4.38. The van der Waals surface area contributed by atoms with Gasteiger partial charge < -0.3 is 5.32 Å². The minimum Gasteiger partial charge on any atom is -0.347 e. The lowest BCUT2D eigenvalue weighted by Gasteiger charge is -2.05. The molecule has 0 amide bonds. The van der Waals surface area contributed by atoms with E-state index >= 15 is 0 Å². The monoisotopic (exact) mass is 342 g/mol. The first-order chi connectivity index (χ1) is 12.8. The summed E-state index contributed by atoms with van der Waals surface area (Å²) in [7, 11) is 0. The van der Waals surface area contributed by atoms with Gasteiger partial charge in [-0.25, -0.2) is 4.98 Å². The van der Waals surface area contributed by atoms with Crippen molar-refractivity contribution < 1.29 is 0 Å². The van der Waals surface area contributed by atoms with Crippen LogP contribution in [0.5, 0.6) is 0 Å². The van der Waals surface area contributed by atoms with Crippen molar-refractivity contribution in [3.63, 3.8) is 0 Å². The zero-order chi connectivity index (χ0) is 17.8. The molecule has 2 heterocycles. The molecule has 0 aliphatic rings. The van der Waals surface area contributed by atoms with Crippen LogP contribution in [-0.2, 0) is 6.54 Å². The third-order valence-corrected chi connectivity index (χ3v) is 4.02. The number of nitrogens with zero attached hydrogens (tertiary/aromatic N) is 4. The summed E-state index contributed by atoms with van der Waals surface area (Å²) >= 11 is 0. The molecule has 0 radical (unpaired) electrons. The van der Waals surface area contributed by atoms with E-state index in [9.17, 15) is 0 Å². The Morgan fingerprint density at radius 3 is 2.65 bits per heavy atom. The Morgan fingerprint density at radius 2 is 1.81 bits per heavy atom. The van der Waals surface area contributed by atoms with Gasteiger partial charge in [-0.2, -0.15) is 10.2 Å². The molecule has 4 aromatic rings. The molecular weight excluding hydrogens is 324 g/mol. The zero-order valence-corrected chi connectivity index (χ0v) is 14.3. The second-order valence-corrected chi connectivity index (χ2v) is 6.03. The van der Waals surface area contributed by atoms with Gasteiger partial charge in [-0.1, -0.05) is 54.1 Å². The SMILES string of the molecule is Cc1cccc(-c2cnnc(NCc3cc(-c4ccccc4)[nH]n3)n2)c1. The second kappa shape index (κ2) is 7.14.